The molecule has 2 heterocycles. The van der Waals surface area contributed by atoms with Crippen LogP contribution in [0.5, 0.6) is 0 Å². The predicted octanol–water partition coefficient (Wildman–Crippen LogP) is 3.69. The highest BCUT2D eigenvalue weighted by Crippen LogP contribution is 2.63. The van der Waals surface area contributed by atoms with E-state index in [-0.39, 0.29) is 12.6 Å². The Bertz CT molecular complexity index is 705. The van der Waals surface area contributed by atoms with E-state index in [1.165, 1.54) is 16.1 Å². The summed E-state index contributed by atoms with van der Waals surface area (Å²) in [5, 5.41) is 14.1. The molecule has 0 aromatic carbocycles. The Balaban J connectivity index is 2.28. The van der Waals surface area contributed by atoms with Gasteiger partial charge in [-0.2, -0.15) is 0 Å². The Morgan fingerprint density at radius 1 is 1.46 bits per heavy atom. The minimum atomic E-state index is -3.31. The van der Waals surface area contributed by atoms with Crippen molar-refractivity contribution in [1.82, 2.24) is 14.6 Å². The molecule has 12 heteroatoms. The molecule has 0 saturated carbocycles. The largest absolute Gasteiger partial charge is 0.356 e. The fourth-order valence-corrected chi connectivity index (χ4v) is 7.00. The number of pyridine rings is 1. The van der Waals surface area contributed by atoms with E-state index in [0.29, 0.717) is 30.5 Å². The van der Waals surface area contributed by atoms with E-state index >= 15 is 0 Å². The third kappa shape index (κ3) is 5.33. The van der Waals surface area contributed by atoms with Crippen molar-refractivity contribution in [3.8, 4) is 0 Å². The summed E-state index contributed by atoms with van der Waals surface area (Å²) in [5.74, 6) is 0.672. The Morgan fingerprint density at radius 2 is 2.23 bits per heavy atom. The highest BCUT2D eigenvalue weighted by atomic mass is 35.5. The zero-order valence-corrected chi connectivity index (χ0v) is 17.0. The van der Waals surface area contributed by atoms with E-state index in [2.05, 4.69) is 10.1 Å². The summed E-state index contributed by atoms with van der Waals surface area (Å²) in [6, 6.07) is 3.44. The molecule has 0 bridgehead atoms. The summed E-state index contributed by atoms with van der Waals surface area (Å²) < 4.78 is 20.3. The normalized spacial score (nSPS) is 18.3. The highest BCUT2D eigenvalue weighted by Gasteiger charge is 2.43. The lowest BCUT2D eigenvalue weighted by Crippen LogP contribution is -2.32. The van der Waals surface area contributed by atoms with E-state index in [9.17, 15) is 14.7 Å². The summed E-state index contributed by atoms with van der Waals surface area (Å²) in [4.78, 5) is 16.8. The second kappa shape index (κ2) is 9.55. The molecule has 26 heavy (non-hydrogen) atoms. The number of nitrogens with zero attached hydrogens (tertiary/aromatic N) is 5. The van der Waals surface area contributed by atoms with Crippen LogP contribution in [0.15, 0.2) is 23.4 Å². The first-order valence-corrected chi connectivity index (χ1v) is 11.7. The van der Waals surface area contributed by atoms with E-state index in [1.54, 1.807) is 30.2 Å². The lowest BCUT2D eigenvalue weighted by atomic mass is 10.3. The molecule has 1 saturated heterocycles. The molecule has 2 rings (SSSR count). The molecule has 1 aliphatic rings. The van der Waals surface area contributed by atoms with Gasteiger partial charge in [0, 0.05) is 31.6 Å². The van der Waals surface area contributed by atoms with Crippen molar-refractivity contribution in [3.63, 3.8) is 0 Å². The zero-order chi connectivity index (χ0) is 19.2. The maximum atomic E-state index is 13.3. The number of hydrogen-bond donors (Lipinski definition) is 0. The van der Waals surface area contributed by atoms with Gasteiger partial charge in [-0.25, -0.2) is 15.1 Å². The van der Waals surface area contributed by atoms with Gasteiger partial charge in [-0.1, -0.05) is 24.6 Å². The lowest BCUT2D eigenvalue weighted by molar-refractivity contribution is -0.486. The second-order valence-electron chi connectivity index (χ2n) is 5.39. The summed E-state index contributed by atoms with van der Waals surface area (Å²) in [5.41, 5.74) is 0.819. The number of hydrazone groups is 1. The van der Waals surface area contributed by atoms with Crippen LogP contribution >= 0.6 is 29.7 Å². The lowest BCUT2D eigenvalue weighted by Gasteiger charge is -2.27. The quantitative estimate of drug-likeness (QED) is 0.257. The molecule has 1 unspecified atom stereocenters. The molecule has 0 N–H and O–H groups in total. The minimum absolute atomic E-state index is 0.0466. The molecule has 144 valence electrons. The first-order valence-electron chi connectivity index (χ1n) is 8.15. The van der Waals surface area contributed by atoms with E-state index < -0.39 is 11.8 Å². The van der Waals surface area contributed by atoms with Crippen molar-refractivity contribution in [2.75, 3.05) is 25.4 Å². The molecular formula is C14H21ClN5O4PS. The number of aromatic nitrogens is 1. The second-order valence-corrected chi connectivity index (χ2v) is 10.3. The van der Waals surface area contributed by atoms with Crippen molar-refractivity contribution in [2.45, 2.75) is 26.8 Å². The van der Waals surface area contributed by atoms with Crippen LogP contribution < -0.4 is 0 Å². The van der Waals surface area contributed by atoms with Crippen LogP contribution in [0, 0.1) is 10.1 Å². The van der Waals surface area contributed by atoms with Gasteiger partial charge in [0.25, 0.3) is 5.96 Å². The number of halogens is 1. The molecule has 9 nitrogen and oxygen atoms in total. The van der Waals surface area contributed by atoms with E-state index in [0.717, 1.165) is 12.0 Å². The zero-order valence-electron chi connectivity index (χ0n) is 14.6. The number of rotatable bonds is 9. The van der Waals surface area contributed by atoms with E-state index in [4.69, 9.17) is 16.1 Å². The SMILES string of the molecule is CCCSP(=O)(OCC)N1CCN(Cc2ccc(Cl)nc2)/C1=N\[N+](=O)[O-]. The van der Waals surface area contributed by atoms with E-state index in [1.807, 2.05) is 6.92 Å². The van der Waals surface area contributed by atoms with Crippen LogP contribution in [0.25, 0.3) is 0 Å². The summed E-state index contributed by atoms with van der Waals surface area (Å²) >= 11 is 6.98. The van der Waals surface area contributed by atoms with Crippen LogP contribution in [0.1, 0.15) is 25.8 Å². The molecular weight excluding hydrogens is 401 g/mol. The van der Waals surface area contributed by atoms with Gasteiger partial charge in [-0.15, -0.1) is 0 Å². The Kier molecular flexibility index (Phi) is 7.69. The van der Waals surface area contributed by atoms with Gasteiger partial charge in [0.2, 0.25) is 0 Å². The average Bonchev–Trinajstić information content (AvgIpc) is 2.98. The van der Waals surface area contributed by atoms with Crippen molar-refractivity contribution in [2.24, 2.45) is 5.10 Å². The van der Waals surface area contributed by atoms with Crippen molar-refractivity contribution in [3.05, 3.63) is 39.2 Å². The van der Waals surface area contributed by atoms with Gasteiger partial charge in [-0.3, -0.25) is 9.24 Å². The molecule has 1 aromatic rings. The van der Waals surface area contributed by atoms with Crippen molar-refractivity contribution < 1.29 is 14.1 Å². The first kappa shape index (κ1) is 21.0. The number of nitro groups is 1. The number of hydrogen-bond acceptors (Lipinski definition) is 6. The van der Waals surface area contributed by atoms with Gasteiger partial charge in [0.05, 0.1) is 6.61 Å². The van der Waals surface area contributed by atoms with Crippen LogP contribution in [-0.2, 0) is 15.6 Å². The Morgan fingerprint density at radius 3 is 2.81 bits per heavy atom. The van der Waals surface area contributed by atoms with Crippen LogP contribution in [-0.4, -0.2) is 51.0 Å². The maximum Gasteiger partial charge on any atom is 0.356 e. The molecule has 0 radical (unpaired) electrons. The standard InChI is InChI=1S/C14H21ClN5O4PS/c1-3-9-26-25(23,24-4-2)19-8-7-18(14(19)17-20(21)22)11-12-5-6-13(15)16-10-12/h5-6,10H,3-4,7-9,11H2,1-2H3/b17-14+. The summed E-state index contributed by atoms with van der Waals surface area (Å²) in [6.45, 7) is 1.78. The van der Waals surface area contributed by atoms with Crippen molar-refractivity contribution >= 4 is 35.7 Å². The third-order valence-electron chi connectivity index (χ3n) is 3.48. The Hall–Kier alpha value is -1.35. The van der Waals surface area contributed by atoms with Gasteiger partial charge in [0.1, 0.15) is 10.3 Å². The smallest absolute Gasteiger partial charge is 0.331 e. The minimum Gasteiger partial charge on any atom is -0.331 e. The van der Waals surface area contributed by atoms with Crippen LogP contribution in [0.4, 0.5) is 0 Å². The van der Waals surface area contributed by atoms with Gasteiger partial charge >= 0.3 is 6.72 Å². The van der Waals surface area contributed by atoms with Crippen LogP contribution in [0.3, 0.4) is 0 Å². The molecule has 0 spiro atoms. The molecule has 0 amide bonds. The highest BCUT2D eigenvalue weighted by molar-refractivity contribution is 8.56. The molecule has 0 aliphatic carbocycles. The monoisotopic (exact) mass is 421 g/mol. The maximum absolute atomic E-state index is 13.3. The summed E-state index contributed by atoms with van der Waals surface area (Å²) in [7, 11) is 0. The van der Waals surface area contributed by atoms with Gasteiger partial charge in [-0.05, 0) is 36.4 Å². The predicted molar refractivity (Wildman–Crippen MR) is 103 cm³/mol. The fourth-order valence-electron chi connectivity index (χ4n) is 2.42. The first-order chi connectivity index (χ1) is 12.4. The van der Waals surface area contributed by atoms with Crippen LogP contribution in [0.2, 0.25) is 5.15 Å². The summed E-state index contributed by atoms with van der Waals surface area (Å²) in [6.07, 6.45) is 2.42. The third-order valence-corrected chi connectivity index (χ3v) is 8.60. The molecule has 1 aliphatic heterocycles. The molecule has 1 atom stereocenters. The van der Waals surface area contributed by atoms with Gasteiger partial charge in [0.15, 0.2) is 5.03 Å². The average molecular weight is 422 g/mol. The Labute approximate surface area is 161 Å². The fraction of sp³-hybridized carbons (Fsp3) is 0.571. The van der Waals surface area contributed by atoms with Gasteiger partial charge < -0.3 is 9.42 Å². The topological polar surface area (TPSA) is 101 Å². The molecule has 1 fully saturated rings. The van der Waals surface area contributed by atoms with Crippen molar-refractivity contribution in [1.29, 1.82) is 0 Å². The molecule has 1 aromatic heterocycles. The number of guanidine groups is 1.